The zero-order chi connectivity index (χ0) is 43.0. The summed E-state index contributed by atoms with van der Waals surface area (Å²) in [5, 5.41) is 13.4. The Morgan fingerprint density at radius 3 is 0.909 bits per heavy atom. The summed E-state index contributed by atoms with van der Waals surface area (Å²) in [4.78, 5) is 0. The first-order valence-electron chi connectivity index (χ1n) is 22.4. The fourth-order valence-corrected chi connectivity index (χ4v) is 11.0. The smallest absolute Gasteiger partial charge is 0.143 e. The highest BCUT2D eigenvalue weighted by atomic mass is 16.3. The lowest BCUT2D eigenvalue weighted by molar-refractivity contribution is 0.667. The molecule has 4 heterocycles. The van der Waals surface area contributed by atoms with E-state index < -0.39 is 0 Å². The van der Waals surface area contributed by atoms with Crippen LogP contribution >= 0.6 is 0 Å². The van der Waals surface area contributed by atoms with Crippen LogP contribution in [0.4, 0.5) is 0 Å². The molecule has 4 nitrogen and oxygen atoms in total. The van der Waals surface area contributed by atoms with E-state index in [1.165, 1.54) is 11.1 Å². The third-order valence-electron chi connectivity index (χ3n) is 13.9. The minimum atomic E-state index is 0.851. The Bertz CT molecular complexity index is 4190. The van der Waals surface area contributed by atoms with Crippen LogP contribution in [0.3, 0.4) is 0 Å². The number of rotatable bonds is 4. The molecule has 0 bridgehead atoms. The summed E-state index contributed by atoms with van der Waals surface area (Å²) in [6.07, 6.45) is 0. The first-order chi connectivity index (χ1) is 32.7. The van der Waals surface area contributed by atoms with Crippen LogP contribution in [0.1, 0.15) is 0 Å². The third kappa shape index (κ3) is 4.93. The van der Waals surface area contributed by atoms with Crippen LogP contribution < -0.4 is 0 Å². The highest BCUT2D eigenvalue weighted by molar-refractivity contribution is 6.29. The van der Waals surface area contributed by atoms with E-state index in [4.69, 9.17) is 17.7 Å². The first kappa shape index (κ1) is 35.6. The van der Waals surface area contributed by atoms with Gasteiger partial charge in [-0.05, 0) is 116 Å². The summed E-state index contributed by atoms with van der Waals surface area (Å²) < 4.78 is 26.6. The standard InChI is InChI=1S/C62H34O4/c1-2-16-44-43(15-1)57(49-31-29-37(61-59(49)47-19-7-11-23-53(47)65-61)35-25-27-41-39-13-5-9-21-51(39)63-55(41)33-35)45-17-3-4-18-46(45)58(44)50-32-30-38(62-60(50)48-20-8-12-24-54(48)66-62)36-26-28-42-40-14-6-10-22-52(40)64-56(42)34-36/h1-34H. The minimum Gasteiger partial charge on any atom is -0.456 e. The molecule has 0 N–H and O–H groups in total. The average molecular weight is 843 g/mol. The lowest BCUT2D eigenvalue weighted by Crippen LogP contribution is -1.93. The monoisotopic (exact) mass is 842 g/mol. The van der Waals surface area contributed by atoms with Gasteiger partial charge in [-0.15, -0.1) is 0 Å². The molecular weight excluding hydrogens is 809 g/mol. The van der Waals surface area contributed by atoms with Gasteiger partial charge >= 0.3 is 0 Å². The number of hydrogen-bond donors (Lipinski definition) is 0. The molecule has 0 aliphatic rings. The first-order valence-corrected chi connectivity index (χ1v) is 22.4. The van der Waals surface area contributed by atoms with E-state index >= 15 is 0 Å². The number of benzene rings is 11. The Labute approximate surface area is 376 Å². The molecule has 0 saturated heterocycles. The van der Waals surface area contributed by atoms with E-state index in [0.717, 1.165) is 143 Å². The Balaban J connectivity index is 0.990. The van der Waals surface area contributed by atoms with Crippen molar-refractivity contribution < 1.29 is 17.7 Å². The summed E-state index contributed by atoms with van der Waals surface area (Å²) in [5.74, 6) is 0. The van der Waals surface area contributed by atoms with Crippen molar-refractivity contribution in [2.75, 3.05) is 0 Å². The molecule has 0 aliphatic heterocycles. The molecule has 66 heavy (non-hydrogen) atoms. The molecule has 0 amide bonds. The molecule has 0 spiro atoms. The lowest BCUT2D eigenvalue weighted by Gasteiger charge is -2.19. The Kier molecular flexibility index (Phi) is 7.19. The number of para-hydroxylation sites is 4. The van der Waals surface area contributed by atoms with Crippen LogP contribution in [0.15, 0.2) is 224 Å². The molecule has 0 atom stereocenters. The fraction of sp³-hybridized carbons (Fsp3) is 0. The predicted molar refractivity (Wildman–Crippen MR) is 272 cm³/mol. The van der Waals surface area contributed by atoms with Crippen molar-refractivity contribution in [1.82, 2.24) is 0 Å². The summed E-state index contributed by atoms with van der Waals surface area (Å²) in [7, 11) is 0. The van der Waals surface area contributed by atoms with Crippen molar-refractivity contribution in [3.63, 3.8) is 0 Å². The Hall–Kier alpha value is -8.86. The van der Waals surface area contributed by atoms with E-state index in [1.807, 2.05) is 36.4 Å². The molecule has 306 valence electrons. The summed E-state index contributed by atoms with van der Waals surface area (Å²) in [6, 6.07) is 73.1. The second kappa shape index (κ2) is 13.3. The maximum absolute atomic E-state index is 6.91. The van der Waals surface area contributed by atoms with Crippen LogP contribution in [-0.4, -0.2) is 0 Å². The van der Waals surface area contributed by atoms with Crippen molar-refractivity contribution in [2.45, 2.75) is 0 Å². The second-order valence-electron chi connectivity index (χ2n) is 17.4. The van der Waals surface area contributed by atoms with Crippen LogP contribution in [0.5, 0.6) is 0 Å². The highest BCUT2D eigenvalue weighted by Gasteiger charge is 2.25. The zero-order valence-electron chi connectivity index (χ0n) is 35.3. The minimum absolute atomic E-state index is 0.851. The van der Waals surface area contributed by atoms with E-state index in [-0.39, 0.29) is 0 Å². The van der Waals surface area contributed by atoms with E-state index in [1.54, 1.807) is 0 Å². The van der Waals surface area contributed by atoms with Gasteiger partial charge in [0, 0.05) is 54.2 Å². The summed E-state index contributed by atoms with van der Waals surface area (Å²) in [5.41, 5.74) is 15.6. The van der Waals surface area contributed by atoms with Gasteiger partial charge in [-0.3, -0.25) is 0 Å². The molecule has 4 heteroatoms. The fourth-order valence-electron chi connectivity index (χ4n) is 11.0. The quantitative estimate of drug-likeness (QED) is 0.166. The largest absolute Gasteiger partial charge is 0.456 e. The maximum Gasteiger partial charge on any atom is 0.143 e. The molecule has 0 fully saturated rings. The maximum atomic E-state index is 6.91. The van der Waals surface area contributed by atoms with E-state index in [9.17, 15) is 0 Å². The topological polar surface area (TPSA) is 52.6 Å². The van der Waals surface area contributed by atoms with Crippen LogP contribution in [-0.2, 0) is 0 Å². The van der Waals surface area contributed by atoms with Crippen molar-refractivity contribution >= 4 is 109 Å². The number of furan rings is 4. The van der Waals surface area contributed by atoms with E-state index in [0.29, 0.717) is 0 Å². The number of hydrogen-bond acceptors (Lipinski definition) is 4. The van der Waals surface area contributed by atoms with Crippen LogP contribution in [0, 0.1) is 0 Å². The molecule has 15 aromatic rings. The van der Waals surface area contributed by atoms with Gasteiger partial charge in [-0.2, -0.15) is 0 Å². The van der Waals surface area contributed by atoms with Gasteiger partial charge in [0.25, 0.3) is 0 Å². The Morgan fingerprint density at radius 1 is 0.212 bits per heavy atom. The molecular formula is C62H34O4. The molecule has 4 aromatic heterocycles. The molecule has 0 saturated carbocycles. The van der Waals surface area contributed by atoms with Gasteiger partial charge in [0.15, 0.2) is 0 Å². The van der Waals surface area contributed by atoms with Gasteiger partial charge < -0.3 is 17.7 Å². The van der Waals surface area contributed by atoms with Gasteiger partial charge in [0.2, 0.25) is 0 Å². The normalized spacial score (nSPS) is 12.2. The van der Waals surface area contributed by atoms with Gasteiger partial charge in [-0.25, -0.2) is 0 Å². The Morgan fingerprint density at radius 2 is 0.515 bits per heavy atom. The molecule has 15 rings (SSSR count). The van der Waals surface area contributed by atoms with Crippen molar-refractivity contribution in [3.8, 4) is 44.5 Å². The second-order valence-corrected chi connectivity index (χ2v) is 17.4. The molecule has 11 aromatic carbocycles. The van der Waals surface area contributed by atoms with Gasteiger partial charge in [0.05, 0.1) is 0 Å². The predicted octanol–water partition coefficient (Wildman–Crippen LogP) is 18.3. The summed E-state index contributed by atoms with van der Waals surface area (Å²) >= 11 is 0. The van der Waals surface area contributed by atoms with Crippen molar-refractivity contribution in [2.24, 2.45) is 0 Å². The molecule has 0 aliphatic carbocycles. The molecule has 0 radical (unpaired) electrons. The molecule has 0 unspecified atom stereocenters. The highest BCUT2D eigenvalue weighted by Crippen LogP contribution is 2.51. The van der Waals surface area contributed by atoms with Crippen molar-refractivity contribution in [3.05, 3.63) is 206 Å². The van der Waals surface area contributed by atoms with Gasteiger partial charge in [0.1, 0.15) is 44.7 Å². The summed E-state index contributed by atoms with van der Waals surface area (Å²) in [6.45, 7) is 0. The van der Waals surface area contributed by atoms with Crippen LogP contribution in [0.2, 0.25) is 0 Å². The zero-order valence-corrected chi connectivity index (χ0v) is 35.3. The van der Waals surface area contributed by atoms with Crippen LogP contribution in [0.25, 0.3) is 154 Å². The SMILES string of the molecule is c1ccc2c(c1)oc1cc(-c3ccc(-c4c5ccccc5c(-c5ccc(-c6ccc7c(c6)oc6ccccc67)c6oc7ccccc7c56)c5ccccc45)c4c3oc3ccccc34)ccc12. The lowest BCUT2D eigenvalue weighted by atomic mass is 9.83. The number of fused-ring (bicyclic) bond motifs is 14. The van der Waals surface area contributed by atoms with Crippen molar-refractivity contribution in [1.29, 1.82) is 0 Å². The third-order valence-corrected chi connectivity index (χ3v) is 13.9. The van der Waals surface area contributed by atoms with E-state index in [2.05, 4.69) is 170 Å². The van der Waals surface area contributed by atoms with Gasteiger partial charge in [-0.1, -0.05) is 146 Å². The average Bonchev–Trinajstić information content (AvgIpc) is 4.15.